The van der Waals surface area contributed by atoms with E-state index in [0.717, 1.165) is 19.3 Å². The Morgan fingerprint density at radius 2 is 2.15 bits per heavy atom. The fourth-order valence-electron chi connectivity index (χ4n) is 2.64. The van der Waals surface area contributed by atoms with Crippen LogP contribution in [0.3, 0.4) is 0 Å². The number of hydrogen-bond acceptors (Lipinski definition) is 3. The quantitative estimate of drug-likeness (QED) is 0.894. The maximum atomic E-state index is 12.0. The molecular weight excluding hydrogens is 280 g/mol. The van der Waals surface area contributed by atoms with Crippen molar-refractivity contribution in [2.75, 3.05) is 6.54 Å². The van der Waals surface area contributed by atoms with Crippen molar-refractivity contribution in [3.05, 3.63) is 29.0 Å². The van der Waals surface area contributed by atoms with Crippen molar-refractivity contribution in [3.8, 4) is 0 Å². The van der Waals surface area contributed by atoms with Gasteiger partial charge >= 0.3 is 5.97 Å². The van der Waals surface area contributed by atoms with Crippen LogP contribution in [0.2, 0.25) is 5.02 Å². The maximum absolute atomic E-state index is 12.0. The van der Waals surface area contributed by atoms with Gasteiger partial charge in [-0.3, -0.25) is 14.6 Å². The molecule has 0 aliphatic heterocycles. The Labute approximate surface area is 122 Å². The topological polar surface area (TPSA) is 79.3 Å². The normalized spacial score (nSPS) is 22.2. The van der Waals surface area contributed by atoms with Gasteiger partial charge in [-0.25, -0.2) is 0 Å². The van der Waals surface area contributed by atoms with Crippen molar-refractivity contribution in [1.29, 1.82) is 0 Å². The number of rotatable bonds is 4. The van der Waals surface area contributed by atoms with Crippen LogP contribution in [-0.4, -0.2) is 28.5 Å². The van der Waals surface area contributed by atoms with Crippen molar-refractivity contribution < 1.29 is 14.7 Å². The van der Waals surface area contributed by atoms with Crippen molar-refractivity contribution in [2.45, 2.75) is 25.7 Å². The van der Waals surface area contributed by atoms with Crippen molar-refractivity contribution in [3.63, 3.8) is 0 Å². The van der Waals surface area contributed by atoms with Crippen LogP contribution in [0.5, 0.6) is 0 Å². The van der Waals surface area contributed by atoms with Crippen LogP contribution in [0.4, 0.5) is 0 Å². The van der Waals surface area contributed by atoms with Crippen molar-refractivity contribution in [2.24, 2.45) is 11.8 Å². The van der Waals surface area contributed by atoms with Crippen LogP contribution in [0.1, 0.15) is 36.0 Å². The molecule has 0 spiro atoms. The Bertz CT molecular complexity index is 507. The first-order valence-corrected chi connectivity index (χ1v) is 7.08. The van der Waals surface area contributed by atoms with E-state index in [-0.39, 0.29) is 17.7 Å². The van der Waals surface area contributed by atoms with Crippen LogP contribution in [0, 0.1) is 11.8 Å². The zero-order valence-corrected chi connectivity index (χ0v) is 11.8. The number of nitrogens with one attached hydrogen (secondary N) is 1. The lowest BCUT2D eigenvalue weighted by atomic mass is 9.79. The molecule has 2 N–H and O–H groups in total. The van der Waals surface area contributed by atoms with Gasteiger partial charge in [-0.2, -0.15) is 0 Å². The molecule has 0 saturated heterocycles. The predicted molar refractivity (Wildman–Crippen MR) is 74.7 cm³/mol. The molecule has 0 aromatic carbocycles. The Kier molecular flexibility index (Phi) is 4.95. The maximum Gasteiger partial charge on any atom is 0.306 e. The van der Waals surface area contributed by atoms with Crippen LogP contribution in [0.25, 0.3) is 0 Å². The van der Waals surface area contributed by atoms with Gasteiger partial charge in [0.1, 0.15) is 0 Å². The smallest absolute Gasteiger partial charge is 0.306 e. The van der Waals surface area contributed by atoms with Gasteiger partial charge in [0.2, 0.25) is 0 Å². The van der Waals surface area contributed by atoms with Gasteiger partial charge in [-0.05, 0) is 24.8 Å². The summed E-state index contributed by atoms with van der Waals surface area (Å²) in [6, 6.07) is 1.55. The molecule has 5 nitrogen and oxygen atoms in total. The second kappa shape index (κ2) is 6.70. The number of halogens is 1. The molecule has 1 saturated carbocycles. The average molecular weight is 297 g/mol. The van der Waals surface area contributed by atoms with E-state index in [1.54, 1.807) is 6.07 Å². The lowest BCUT2D eigenvalue weighted by molar-refractivity contribution is -0.144. The number of carboxylic acids is 1. The summed E-state index contributed by atoms with van der Waals surface area (Å²) in [6.07, 6.45) is 6.39. The van der Waals surface area contributed by atoms with Crippen LogP contribution < -0.4 is 5.32 Å². The Hall–Kier alpha value is -1.62. The molecular formula is C14H17ClN2O3. The summed E-state index contributed by atoms with van der Waals surface area (Å²) in [4.78, 5) is 27.1. The van der Waals surface area contributed by atoms with E-state index >= 15 is 0 Å². The highest BCUT2D eigenvalue weighted by Crippen LogP contribution is 2.29. The van der Waals surface area contributed by atoms with Gasteiger partial charge in [-0.1, -0.05) is 24.4 Å². The van der Waals surface area contributed by atoms with E-state index in [4.69, 9.17) is 11.6 Å². The number of pyridine rings is 1. The number of carbonyl (C=O) groups is 2. The van der Waals surface area contributed by atoms with Gasteiger partial charge in [0.05, 0.1) is 16.5 Å². The number of nitrogens with zero attached hydrogens (tertiary/aromatic N) is 1. The summed E-state index contributed by atoms with van der Waals surface area (Å²) in [5.41, 5.74) is 0.317. The molecule has 0 bridgehead atoms. The third-order valence-electron chi connectivity index (χ3n) is 3.76. The monoisotopic (exact) mass is 296 g/mol. The summed E-state index contributed by atoms with van der Waals surface area (Å²) in [5.74, 6) is -1.46. The largest absolute Gasteiger partial charge is 0.481 e. The zero-order chi connectivity index (χ0) is 14.5. The lowest BCUT2D eigenvalue weighted by Gasteiger charge is -2.28. The zero-order valence-electron chi connectivity index (χ0n) is 11.0. The van der Waals surface area contributed by atoms with Crippen LogP contribution in [-0.2, 0) is 4.79 Å². The van der Waals surface area contributed by atoms with E-state index in [9.17, 15) is 14.7 Å². The fourth-order valence-corrected chi connectivity index (χ4v) is 2.83. The van der Waals surface area contributed by atoms with Gasteiger partial charge in [-0.15, -0.1) is 0 Å². The molecule has 1 aromatic heterocycles. The van der Waals surface area contributed by atoms with Gasteiger partial charge < -0.3 is 10.4 Å². The molecule has 1 fully saturated rings. The highest BCUT2D eigenvalue weighted by atomic mass is 35.5. The standard InChI is InChI=1S/C14H17ClN2O3/c15-12-5-6-16-8-11(12)13(18)17-7-9-3-1-2-4-10(9)14(19)20/h5-6,8-10H,1-4,7H2,(H,17,18)(H,19,20). The van der Waals surface area contributed by atoms with Crippen molar-refractivity contribution >= 4 is 23.5 Å². The third-order valence-corrected chi connectivity index (χ3v) is 4.09. The summed E-state index contributed by atoms with van der Waals surface area (Å²) in [6.45, 7) is 0.362. The van der Waals surface area contributed by atoms with E-state index in [1.807, 2.05) is 0 Å². The summed E-state index contributed by atoms with van der Waals surface area (Å²) in [7, 11) is 0. The highest BCUT2D eigenvalue weighted by molar-refractivity contribution is 6.33. The first-order valence-electron chi connectivity index (χ1n) is 6.70. The SMILES string of the molecule is O=C(NCC1CCCCC1C(=O)O)c1cnccc1Cl. The van der Waals surface area contributed by atoms with Crippen molar-refractivity contribution in [1.82, 2.24) is 10.3 Å². The molecule has 108 valence electrons. The number of aliphatic carboxylic acids is 1. The average Bonchev–Trinajstić information content (AvgIpc) is 2.45. The lowest BCUT2D eigenvalue weighted by Crippen LogP contribution is -2.37. The minimum atomic E-state index is -0.775. The summed E-state index contributed by atoms with van der Waals surface area (Å²) >= 11 is 5.92. The Balaban J connectivity index is 1.95. The molecule has 2 rings (SSSR count). The second-order valence-corrected chi connectivity index (χ2v) is 5.46. The Morgan fingerprint density at radius 3 is 2.85 bits per heavy atom. The van der Waals surface area contributed by atoms with Crippen LogP contribution in [0.15, 0.2) is 18.5 Å². The summed E-state index contributed by atoms with van der Waals surface area (Å²) < 4.78 is 0. The number of hydrogen-bond donors (Lipinski definition) is 2. The minimum absolute atomic E-state index is 0.0133. The van der Waals surface area contributed by atoms with E-state index in [2.05, 4.69) is 10.3 Å². The second-order valence-electron chi connectivity index (χ2n) is 5.05. The molecule has 1 amide bonds. The molecule has 1 aromatic rings. The number of carbonyl (C=O) groups excluding carboxylic acids is 1. The number of carboxylic acid groups (broad SMARTS) is 1. The first kappa shape index (κ1) is 14.8. The van der Waals surface area contributed by atoms with E-state index in [1.165, 1.54) is 12.4 Å². The molecule has 2 atom stereocenters. The number of aromatic nitrogens is 1. The van der Waals surface area contributed by atoms with E-state index in [0.29, 0.717) is 23.6 Å². The highest BCUT2D eigenvalue weighted by Gasteiger charge is 2.30. The Morgan fingerprint density at radius 1 is 1.40 bits per heavy atom. The number of amides is 1. The molecule has 0 radical (unpaired) electrons. The first-order chi connectivity index (χ1) is 9.59. The molecule has 1 aliphatic carbocycles. The molecule has 1 aliphatic rings. The van der Waals surface area contributed by atoms with Gasteiger partial charge in [0.25, 0.3) is 5.91 Å². The van der Waals surface area contributed by atoms with Gasteiger partial charge in [0.15, 0.2) is 0 Å². The summed E-state index contributed by atoms with van der Waals surface area (Å²) in [5, 5.41) is 12.3. The predicted octanol–water partition coefficient (Wildman–Crippen LogP) is 2.36. The van der Waals surface area contributed by atoms with E-state index < -0.39 is 5.97 Å². The minimum Gasteiger partial charge on any atom is -0.481 e. The molecule has 2 unspecified atom stereocenters. The van der Waals surface area contributed by atoms with Gasteiger partial charge in [0, 0.05) is 18.9 Å². The molecule has 6 heteroatoms. The third kappa shape index (κ3) is 3.48. The fraction of sp³-hybridized carbons (Fsp3) is 0.500. The molecule has 20 heavy (non-hydrogen) atoms. The molecule has 1 heterocycles. The van der Waals surface area contributed by atoms with Crippen LogP contribution >= 0.6 is 11.6 Å².